The summed E-state index contributed by atoms with van der Waals surface area (Å²) in [5.41, 5.74) is 0. The second kappa shape index (κ2) is 26.4. The van der Waals surface area contributed by atoms with E-state index in [1.165, 1.54) is 83.5 Å². The largest absolute Gasteiger partial charge is 0.463 e. The van der Waals surface area contributed by atoms with Crippen LogP contribution in [0.2, 0.25) is 0 Å². The van der Waals surface area contributed by atoms with Gasteiger partial charge in [-0.1, -0.05) is 96.8 Å². The molecule has 0 amide bonds. The number of rotatable bonds is 26. The number of ether oxygens (including phenoxy) is 4. The number of esters is 1. The van der Waals surface area contributed by atoms with Crippen LogP contribution in [0, 0.1) is 0 Å². The second-order valence-electron chi connectivity index (χ2n) is 9.97. The molecule has 0 aromatic rings. The van der Waals surface area contributed by atoms with E-state index in [-0.39, 0.29) is 5.97 Å². The van der Waals surface area contributed by atoms with Crippen molar-refractivity contribution in [2.45, 2.75) is 129 Å². The Morgan fingerprint density at radius 2 is 1.09 bits per heavy atom. The summed E-state index contributed by atoms with van der Waals surface area (Å²) in [4.78, 5) is 11.8. The molecule has 1 heterocycles. The molecule has 0 unspecified atom stereocenters. The highest BCUT2D eigenvalue weighted by atomic mass is 16.6. The fraction of sp³-hybridized carbons (Fsp3) is 0.966. The molecule has 35 heavy (non-hydrogen) atoms. The smallest absolute Gasteiger partial charge is 0.305 e. The van der Waals surface area contributed by atoms with Gasteiger partial charge >= 0.3 is 5.97 Å². The van der Waals surface area contributed by atoms with Gasteiger partial charge in [0.15, 0.2) is 0 Å². The Labute approximate surface area is 216 Å². The van der Waals surface area contributed by atoms with E-state index < -0.39 is 0 Å². The highest BCUT2D eigenvalue weighted by molar-refractivity contribution is 5.69. The van der Waals surface area contributed by atoms with Gasteiger partial charge in [-0.05, 0) is 32.4 Å². The quantitative estimate of drug-likeness (QED) is 0.107. The average Bonchev–Trinajstić information content (AvgIpc) is 2.88. The first kappa shape index (κ1) is 32.3. The minimum Gasteiger partial charge on any atom is -0.463 e. The van der Waals surface area contributed by atoms with Crippen molar-refractivity contribution in [2.24, 2.45) is 0 Å². The molecule has 1 aliphatic heterocycles. The molecule has 0 atom stereocenters. The monoisotopic (exact) mass is 499 g/mol. The molecule has 0 aliphatic carbocycles. The number of unbranched alkanes of at least 4 members (excludes halogenated alkanes) is 14. The summed E-state index contributed by atoms with van der Waals surface area (Å²) in [6.07, 6.45) is 23.0. The normalized spacial score (nSPS) is 14.4. The van der Waals surface area contributed by atoms with Gasteiger partial charge < -0.3 is 24.3 Å². The van der Waals surface area contributed by atoms with E-state index >= 15 is 0 Å². The topological polar surface area (TPSA) is 66.0 Å². The molecular formula is C29H57NO5. The van der Waals surface area contributed by atoms with Crippen LogP contribution in [0.15, 0.2) is 0 Å². The van der Waals surface area contributed by atoms with Crippen LogP contribution in [0.3, 0.4) is 0 Å². The lowest BCUT2D eigenvalue weighted by Gasteiger charge is -2.22. The first-order valence-corrected chi connectivity index (χ1v) is 15.0. The van der Waals surface area contributed by atoms with E-state index in [0.717, 1.165) is 38.8 Å². The third-order valence-corrected chi connectivity index (χ3v) is 6.71. The number of hydrogen-bond acceptors (Lipinski definition) is 6. The maximum atomic E-state index is 11.8. The van der Waals surface area contributed by atoms with Crippen LogP contribution in [0.5, 0.6) is 0 Å². The van der Waals surface area contributed by atoms with Crippen LogP contribution in [0.25, 0.3) is 0 Å². The van der Waals surface area contributed by atoms with Gasteiger partial charge in [0.05, 0.1) is 39.1 Å². The summed E-state index contributed by atoms with van der Waals surface area (Å²) in [7, 11) is 0. The van der Waals surface area contributed by atoms with E-state index in [9.17, 15) is 4.79 Å². The van der Waals surface area contributed by atoms with Gasteiger partial charge in [-0.25, -0.2) is 0 Å². The highest BCUT2D eigenvalue weighted by Gasteiger charge is 2.12. The molecular weight excluding hydrogens is 442 g/mol. The first-order chi connectivity index (χ1) is 17.3. The lowest BCUT2D eigenvalue weighted by molar-refractivity contribution is -0.145. The zero-order valence-electron chi connectivity index (χ0n) is 23.0. The maximum absolute atomic E-state index is 11.8. The molecule has 208 valence electrons. The Morgan fingerprint density at radius 1 is 0.629 bits per heavy atom. The maximum Gasteiger partial charge on any atom is 0.305 e. The molecule has 6 heteroatoms. The van der Waals surface area contributed by atoms with Crippen molar-refractivity contribution in [3.05, 3.63) is 0 Å². The SMILES string of the molecule is CCCCCCCCCCCCCCCCCC(=O)OCCOCCOCCOC1CCNCC1. The van der Waals surface area contributed by atoms with E-state index in [2.05, 4.69) is 12.2 Å². The van der Waals surface area contributed by atoms with E-state index in [0.29, 0.717) is 52.2 Å². The van der Waals surface area contributed by atoms with Crippen LogP contribution >= 0.6 is 0 Å². The Balaban J connectivity index is 1.69. The molecule has 6 nitrogen and oxygen atoms in total. The molecule has 0 aromatic carbocycles. The van der Waals surface area contributed by atoms with Gasteiger partial charge in [0.2, 0.25) is 0 Å². The molecule has 0 radical (unpaired) electrons. The van der Waals surface area contributed by atoms with E-state index in [1.54, 1.807) is 0 Å². The Bertz CT molecular complexity index is 443. The Hall–Kier alpha value is -0.690. The number of nitrogens with one attached hydrogen (secondary N) is 1. The molecule has 1 fully saturated rings. The standard InChI is InChI=1S/C29H57NO5/c1-2-3-4-5-6-7-8-9-10-11-12-13-14-15-16-17-29(31)35-27-25-33-23-22-32-24-26-34-28-18-20-30-21-19-28/h28,30H,2-27H2,1H3. The summed E-state index contributed by atoms with van der Waals surface area (Å²) in [5.74, 6) is -0.102. The van der Waals surface area contributed by atoms with Gasteiger partial charge in [0.25, 0.3) is 0 Å². The predicted molar refractivity (Wildman–Crippen MR) is 144 cm³/mol. The molecule has 0 saturated carbocycles. The lowest BCUT2D eigenvalue weighted by Crippen LogP contribution is -2.33. The van der Waals surface area contributed by atoms with Gasteiger partial charge in [-0.3, -0.25) is 4.79 Å². The van der Waals surface area contributed by atoms with Crippen molar-refractivity contribution < 1.29 is 23.7 Å². The molecule has 0 aromatic heterocycles. The van der Waals surface area contributed by atoms with Gasteiger partial charge in [0, 0.05) is 6.42 Å². The minimum absolute atomic E-state index is 0.102. The lowest BCUT2D eigenvalue weighted by atomic mass is 10.0. The van der Waals surface area contributed by atoms with Gasteiger partial charge in [0.1, 0.15) is 6.61 Å². The van der Waals surface area contributed by atoms with Crippen LogP contribution in [-0.2, 0) is 23.7 Å². The van der Waals surface area contributed by atoms with Crippen molar-refractivity contribution >= 4 is 5.97 Å². The van der Waals surface area contributed by atoms with Crippen molar-refractivity contribution in [1.82, 2.24) is 5.32 Å². The fourth-order valence-corrected chi connectivity index (χ4v) is 4.49. The third kappa shape index (κ3) is 23.5. The van der Waals surface area contributed by atoms with Crippen molar-refractivity contribution in [2.75, 3.05) is 52.7 Å². The molecule has 0 spiro atoms. The fourth-order valence-electron chi connectivity index (χ4n) is 4.49. The number of piperidine rings is 1. The van der Waals surface area contributed by atoms with E-state index in [1.807, 2.05) is 0 Å². The number of carbonyl (C=O) groups is 1. The number of hydrogen-bond donors (Lipinski definition) is 1. The predicted octanol–water partition coefficient (Wildman–Crippen LogP) is 6.59. The van der Waals surface area contributed by atoms with Crippen molar-refractivity contribution in [3.8, 4) is 0 Å². The van der Waals surface area contributed by atoms with E-state index in [4.69, 9.17) is 18.9 Å². The van der Waals surface area contributed by atoms with Gasteiger partial charge in [-0.15, -0.1) is 0 Å². The second-order valence-corrected chi connectivity index (χ2v) is 9.97. The van der Waals surface area contributed by atoms with Crippen LogP contribution in [0.1, 0.15) is 122 Å². The zero-order chi connectivity index (χ0) is 25.1. The Morgan fingerprint density at radius 3 is 1.63 bits per heavy atom. The average molecular weight is 500 g/mol. The molecule has 0 bridgehead atoms. The first-order valence-electron chi connectivity index (χ1n) is 15.0. The van der Waals surface area contributed by atoms with Crippen molar-refractivity contribution in [3.63, 3.8) is 0 Å². The summed E-state index contributed by atoms with van der Waals surface area (Å²) < 4.78 is 22.0. The number of carbonyl (C=O) groups excluding carboxylic acids is 1. The third-order valence-electron chi connectivity index (χ3n) is 6.71. The van der Waals surface area contributed by atoms with Crippen molar-refractivity contribution in [1.29, 1.82) is 0 Å². The molecule has 1 rings (SSSR count). The van der Waals surface area contributed by atoms with Crippen LogP contribution in [0.4, 0.5) is 0 Å². The Kier molecular flexibility index (Phi) is 24.4. The summed E-state index contributed by atoms with van der Waals surface area (Å²) in [6.45, 7) is 7.43. The molecule has 1 N–H and O–H groups in total. The molecule has 1 aliphatic rings. The summed E-state index contributed by atoms with van der Waals surface area (Å²) >= 11 is 0. The minimum atomic E-state index is -0.102. The van der Waals surface area contributed by atoms with Gasteiger partial charge in [-0.2, -0.15) is 0 Å². The molecule has 1 saturated heterocycles. The van der Waals surface area contributed by atoms with Crippen LogP contribution < -0.4 is 5.32 Å². The zero-order valence-corrected chi connectivity index (χ0v) is 23.0. The summed E-state index contributed by atoms with van der Waals surface area (Å²) in [5, 5.41) is 3.33. The summed E-state index contributed by atoms with van der Waals surface area (Å²) in [6, 6.07) is 0. The van der Waals surface area contributed by atoms with Crippen LogP contribution in [-0.4, -0.2) is 64.8 Å². The highest BCUT2D eigenvalue weighted by Crippen LogP contribution is 2.14.